The summed E-state index contributed by atoms with van der Waals surface area (Å²) < 4.78 is 0. The van der Waals surface area contributed by atoms with E-state index in [-0.39, 0.29) is 5.91 Å². The van der Waals surface area contributed by atoms with E-state index in [1.54, 1.807) is 24.3 Å². The maximum absolute atomic E-state index is 11.4. The number of nitriles is 1. The predicted octanol–water partition coefficient (Wildman–Crippen LogP) is 1.68. The molecule has 3 nitrogen and oxygen atoms in total. The second kappa shape index (κ2) is 5.40. The Morgan fingerprint density at radius 2 is 2.07 bits per heavy atom. The van der Waals surface area contributed by atoms with E-state index in [0.717, 1.165) is 5.33 Å². The van der Waals surface area contributed by atoms with Crippen molar-refractivity contribution in [3.05, 3.63) is 35.4 Å². The summed E-state index contributed by atoms with van der Waals surface area (Å²) in [7, 11) is 0. The van der Waals surface area contributed by atoms with E-state index in [0.29, 0.717) is 17.7 Å². The van der Waals surface area contributed by atoms with Crippen LogP contribution in [0.15, 0.2) is 24.3 Å². The monoisotopic (exact) mass is 252 g/mol. The lowest BCUT2D eigenvalue weighted by Crippen LogP contribution is -2.24. The Hall–Kier alpha value is -1.34. The van der Waals surface area contributed by atoms with E-state index in [2.05, 4.69) is 21.2 Å². The van der Waals surface area contributed by atoms with Gasteiger partial charge in [0.05, 0.1) is 11.6 Å². The number of benzene rings is 1. The van der Waals surface area contributed by atoms with Gasteiger partial charge in [0.1, 0.15) is 0 Å². The third kappa shape index (κ3) is 2.86. The smallest absolute Gasteiger partial charge is 0.251 e. The van der Waals surface area contributed by atoms with E-state index in [9.17, 15) is 4.79 Å². The largest absolute Gasteiger partial charge is 0.351 e. The first-order valence-electron chi connectivity index (χ1n) is 4.12. The summed E-state index contributed by atoms with van der Waals surface area (Å²) in [4.78, 5) is 11.4. The molecule has 0 aliphatic carbocycles. The van der Waals surface area contributed by atoms with E-state index in [1.165, 1.54) is 0 Å². The molecule has 1 amide bonds. The summed E-state index contributed by atoms with van der Waals surface area (Å²) in [5, 5.41) is 12.0. The summed E-state index contributed by atoms with van der Waals surface area (Å²) in [6.45, 7) is 0.596. The van der Waals surface area contributed by atoms with Crippen LogP contribution in [0.4, 0.5) is 0 Å². The minimum absolute atomic E-state index is 0.117. The molecule has 0 aliphatic heterocycles. The lowest BCUT2D eigenvalue weighted by atomic mass is 10.1. The Morgan fingerprint density at radius 3 is 2.57 bits per heavy atom. The van der Waals surface area contributed by atoms with Crippen LogP contribution >= 0.6 is 15.9 Å². The third-order valence-corrected chi connectivity index (χ3v) is 2.05. The Morgan fingerprint density at radius 1 is 1.43 bits per heavy atom. The molecule has 1 N–H and O–H groups in total. The van der Waals surface area contributed by atoms with Gasteiger partial charge < -0.3 is 5.32 Å². The zero-order valence-electron chi connectivity index (χ0n) is 7.46. The van der Waals surface area contributed by atoms with Crippen LogP contribution in [0.25, 0.3) is 0 Å². The zero-order chi connectivity index (χ0) is 10.4. The van der Waals surface area contributed by atoms with Crippen LogP contribution in [-0.2, 0) is 0 Å². The number of carbonyl (C=O) groups is 1. The number of hydrogen-bond donors (Lipinski definition) is 1. The molecule has 4 heteroatoms. The molecule has 72 valence electrons. The molecule has 0 atom stereocenters. The van der Waals surface area contributed by atoms with Crippen LogP contribution < -0.4 is 5.32 Å². The maximum Gasteiger partial charge on any atom is 0.251 e. The Bertz CT molecular complexity index is 353. The number of nitrogens with one attached hydrogen (secondary N) is 1. The van der Waals surface area contributed by atoms with Crippen molar-refractivity contribution in [3.8, 4) is 6.07 Å². The predicted molar refractivity (Wildman–Crippen MR) is 57.3 cm³/mol. The summed E-state index contributed by atoms with van der Waals surface area (Å²) in [5.41, 5.74) is 1.13. The highest BCUT2D eigenvalue weighted by molar-refractivity contribution is 9.09. The van der Waals surface area contributed by atoms with Crippen molar-refractivity contribution in [2.45, 2.75) is 0 Å². The minimum Gasteiger partial charge on any atom is -0.351 e. The second-order valence-electron chi connectivity index (χ2n) is 2.63. The number of nitrogens with zero attached hydrogens (tertiary/aromatic N) is 1. The summed E-state index contributed by atoms with van der Waals surface area (Å²) in [6, 6.07) is 8.54. The highest BCUT2D eigenvalue weighted by Crippen LogP contribution is 2.02. The Labute approximate surface area is 90.9 Å². The molecule has 0 heterocycles. The first-order chi connectivity index (χ1) is 6.77. The van der Waals surface area contributed by atoms with Gasteiger partial charge in [-0.2, -0.15) is 5.26 Å². The summed E-state index contributed by atoms with van der Waals surface area (Å²) in [6.07, 6.45) is 0. The number of rotatable bonds is 3. The fourth-order valence-electron chi connectivity index (χ4n) is 0.959. The van der Waals surface area contributed by atoms with Crippen molar-refractivity contribution in [3.63, 3.8) is 0 Å². The van der Waals surface area contributed by atoms with Crippen LogP contribution in [0.3, 0.4) is 0 Å². The molecule has 0 fully saturated rings. The maximum atomic E-state index is 11.4. The molecule has 0 saturated carbocycles. The molecule has 0 saturated heterocycles. The molecule has 0 spiro atoms. The number of hydrogen-bond acceptors (Lipinski definition) is 2. The molecule has 14 heavy (non-hydrogen) atoms. The molecule has 0 radical (unpaired) electrons. The normalized spacial score (nSPS) is 9.14. The van der Waals surface area contributed by atoms with Crippen molar-refractivity contribution >= 4 is 21.8 Å². The number of carbonyl (C=O) groups excluding carboxylic acids is 1. The van der Waals surface area contributed by atoms with Crippen molar-refractivity contribution < 1.29 is 4.79 Å². The van der Waals surface area contributed by atoms with Gasteiger partial charge in [-0.1, -0.05) is 15.9 Å². The molecule has 0 aliphatic rings. The standard InChI is InChI=1S/C10H9BrN2O/c11-5-6-13-10(14)9-3-1-8(7-12)2-4-9/h1-4H,5-6H2,(H,13,14). The number of alkyl halides is 1. The van der Waals surface area contributed by atoms with Gasteiger partial charge >= 0.3 is 0 Å². The van der Waals surface area contributed by atoms with E-state index in [4.69, 9.17) is 5.26 Å². The van der Waals surface area contributed by atoms with Gasteiger partial charge in [0.2, 0.25) is 0 Å². The van der Waals surface area contributed by atoms with Gasteiger partial charge in [0, 0.05) is 17.4 Å². The van der Waals surface area contributed by atoms with E-state index in [1.807, 2.05) is 6.07 Å². The molecule has 0 aromatic heterocycles. The fraction of sp³-hybridized carbons (Fsp3) is 0.200. The highest BCUT2D eigenvalue weighted by Gasteiger charge is 2.03. The van der Waals surface area contributed by atoms with Gasteiger partial charge in [-0.25, -0.2) is 0 Å². The van der Waals surface area contributed by atoms with Crippen LogP contribution in [0.2, 0.25) is 0 Å². The van der Waals surface area contributed by atoms with Crippen molar-refractivity contribution in [2.75, 3.05) is 11.9 Å². The van der Waals surface area contributed by atoms with Crippen molar-refractivity contribution in [1.82, 2.24) is 5.32 Å². The first kappa shape index (κ1) is 10.7. The van der Waals surface area contributed by atoms with E-state index < -0.39 is 0 Å². The van der Waals surface area contributed by atoms with Crippen LogP contribution in [0.1, 0.15) is 15.9 Å². The molecular weight excluding hydrogens is 244 g/mol. The Balaban J connectivity index is 2.68. The van der Waals surface area contributed by atoms with Crippen molar-refractivity contribution in [2.24, 2.45) is 0 Å². The SMILES string of the molecule is N#Cc1ccc(C(=O)NCCBr)cc1. The highest BCUT2D eigenvalue weighted by atomic mass is 79.9. The topological polar surface area (TPSA) is 52.9 Å². The average Bonchev–Trinajstić information content (AvgIpc) is 2.26. The number of halogens is 1. The summed E-state index contributed by atoms with van der Waals surface area (Å²) in [5.74, 6) is -0.117. The molecule has 1 aromatic rings. The average molecular weight is 253 g/mol. The quantitative estimate of drug-likeness (QED) is 0.833. The molecule has 1 aromatic carbocycles. The van der Waals surface area contributed by atoms with Gasteiger partial charge in [-0.15, -0.1) is 0 Å². The van der Waals surface area contributed by atoms with Crippen LogP contribution in [-0.4, -0.2) is 17.8 Å². The lowest BCUT2D eigenvalue weighted by molar-refractivity contribution is 0.0956. The zero-order valence-corrected chi connectivity index (χ0v) is 9.04. The third-order valence-electron chi connectivity index (χ3n) is 1.66. The van der Waals surface area contributed by atoms with Gasteiger partial charge in [-0.05, 0) is 24.3 Å². The molecule has 1 rings (SSSR count). The van der Waals surface area contributed by atoms with Crippen LogP contribution in [0, 0.1) is 11.3 Å². The second-order valence-corrected chi connectivity index (χ2v) is 3.43. The number of amides is 1. The van der Waals surface area contributed by atoms with Gasteiger partial charge in [0.15, 0.2) is 0 Å². The van der Waals surface area contributed by atoms with Gasteiger partial charge in [0.25, 0.3) is 5.91 Å². The van der Waals surface area contributed by atoms with Gasteiger partial charge in [-0.3, -0.25) is 4.79 Å². The molecular formula is C10H9BrN2O. The van der Waals surface area contributed by atoms with Crippen LogP contribution in [0.5, 0.6) is 0 Å². The molecule has 0 unspecified atom stereocenters. The fourth-order valence-corrected chi connectivity index (χ4v) is 1.16. The Kier molecular flexibility index (Phi) is 4.14. The van der Waals surface area contributed by atoms with E-state index >= 15 is 0 Å². The lowest BCUT2D eigenvalue weighted by Gasteiger charge is -2.02. The first-order valence-corrected chi connectivity index (χ1v) is 5.24. The molecule has 0 bridgehead atoms. The minimum atomic E-state index is -0.117. The summed E-state index contributed by atoms with van der Waals surface area (Å²) >= 11 is 3.22. The van der Waals surface area contributed by atoms with Crippen molar-refractivity contribution in [1.29, 1.82) is 5.26 Å².